The van der Waals surface area contributed by atoms with Crippen molar-refractivity contribution >= 4 is 15.7 Å². The zero-order valence-electron chi connectivity index (χ0n) is 12.1. The van der Waals surface area contributed by atoms with E-state index in [1.54, 1.807) is 36.4 Å². The van der Waals surface area contributed by atoms with Crippen LogP contribution in [0.25, 0.3) is 0 Å². The van der Waals surface area contributed by atoms with Crippen molar-refractivity contribution in [2.45, 2.75) is 18.2 Å². The van der Waals surface area contributed by atoms with Crippen LogP contribution in [0.2, 0.25) is 0 Å². The summed E-state index contributed by atoms with van der Waals surface area (Å²) in [6, 6.07) is 15.0. The second-order valence-corrected chi connectivity index (χ2v) is 6.22. The van der Waals surface area contributed by atoms with E-state index in [-0.39, 0.29) is 4.90 Å². The number of nitrogens with zero attached hydrogens (tertiary/aromatic N) is 1. The van der Waals surface area contributed by atoms with E-state index in [1.165, 1.54) is 12.1 Å². The first kappa shape index (κ1) is 15.9. The van der Waals surface area contributed by atoms with Gasteiger partial charge in [0, 0.05) is 5.69 Å². The predicted molar refractivity (Wildman–Crippen MR) is 84.2 cm³/mol. The van der Waals surface area contributed by atoms with Crippen molar-refractivity contribution < 1.29 is 13.2 Å². The maximum Gasteiger partial charge on any atom is 0.261 e. The van der Waals surface area contributed by atoms with Gasteiger partial charge in [0.25, 0.3) is 10.0 Å². The molecule has 0 atom stereocenters. The summed E-state index contributed by atoms with van der Waals surface area (Å²) in [6.07, 6.45) is 0.298. The van der Waals surface area contributed by atoms with Gasteiger partial charge in [-0.05, 0) is 48.9 Å². The van der Waals surface area contributed by atoms with Gasteiger partial charge in [0.15, 0.2) is 0 Å². The number of rotatable bonds is 6. The fourth-order valence-electron chi connectivity index (χ4n) is 1.88. The minimum atomic E-state index is -3.64. The summed E-state index contributed by atoms with van der Waals surface area (Å²) in [4.78, 5) is 0.164. The lowest BCUT2D eigenvalue weighted by Crippen LogP contribution is -2.12. The van der Waals surface area contributed by atoms with Crippen LogP contribution in [0.5, 0.6) is 5.75 Å². The average molecular weight is 316 g/mol. The highest BCUT2D eigenvalue weighted by Gasteiger charge is 2.14. The molecule has 0 aliphatic heterocycles. The highest BCUT2D eigenvalue weighted by Crippen LogP contribution is 2.19. The molecule has 2 rings (SSSR count). The lowest BCUT2D eigenvalue weighted by molar-refractivity contribution is 0.340. The van der Waals surface area contributed by atoms with Crippen LogP contribution in [0.15, 0.2) is 53.4 Å². The molecule has 0 amide bonds. The molecule has 2 aromatic rings. The van der Waals surface area contributed by atoms with Crippen molar-refractivity contribution in [3.8, 4) is 11.8 Å². The number of hydrogen-bond acceptors (Lipinski definition) is 4. The molecule has 0 heterocycles. The Hall–Kier alpha value is -2.52. The van der Waals surface area contributed by atoms with E-state index in [4.69, 9.17) is 10.00 Å². The quantitative estimate of drug-likeness (QED) is 0.888. The SMILES string of the molecule is CCOc1ccc(S(=O)(=O)Nc2ccc(CC#N)cc2)cc1. The molecule has 0 unspecified atom stereocenters. The summed E-state index contributed by atoms with van der Waals surface area (Å²) in [5.74, 6) is 0.627. The first-order valence-corrected chi connectivity index (χ1v) is 8.25. The van der Waals surface area contributed by atoms with Crippen molar-refractivity contribution in [3.63, 3.8) is 0 Å². The molecule has 0 radical (unpaired) electrons. The highest BCUT2D eigenvalue weighted by atomic mass is 32.2. The molecule has 0 bridgehead atoms. The fraction of sp³-hybridized carbons (Fsp3) is 0.188. The van der Waals surface area contributed by atoms with Crippen molar-refractivity contribution in [1.82, 2.24) is 0 Å². The third-order valence-electron chi connectivity index (χ3n) is 2.93. The van der Waals surface area contributed by atoms with Gasteiger partial charge >= 0.3 is 0 Å². The number of hydrogen-bond donors (Lipinski definition) is 1. The van der Waals surface area contributed by atoms with Crippen LogP contribution in [0.3, 0.4) is 0 Å². The molecule has 1 N–H and O–H groups in total. The molecule has 22 heavy (non-hydrogen) atoms. The van der Waals surface area contributed by atoms with Crippen LogP contribution >= 0.6 is 0 Å². The molecule has 0 aliphatic carbocycles. The Morgan fingerprint density at radius 3 is 2.27 bits per heavy atom. The Bertz CT molecular complexity index is 761. The second-order valence-electron chi connectivity index (χ2n) is 4.54. The Balaban J connectivity index is 2.14. The third kappa shape index (κ3) is 3.99. The number of benzene rings is 2. The minimum absolute atomic E-state index is 0.164. The fourth-order valence-corrected chi connectivity index (χ4v) is 2.94. The van der Waals surface area contributed by atoms with Crippen LogP contribution in [-0.4, -0.2) is 15.0 Å². The van der Waals surface area contributed by atoms with E-state index < -0.39 is 10.0 Å². The van der Waals surface area contributed by atoms with Crippen LogP contribution in [0.1, 0.15) is 12.5 Å². The van der Waals surface area contributed by atoms with E-state index in [1.807, 2.05) is 13.0 Å². The average Bonchev–Trinajstić information content (AvgIpc) is 2.50. The maximum atomic E-state index is 12.3. The van der Waals surface area contributed by atoms with Gasteiger partial charge in [-0.1, -0.05) is 12.1 Å². The van der Waals surface area contributed by atoms with Gasteiger partial charge in [0.2, 0.25) is 0 Å². The number of nitrogens with one attached hydrogen (secondary N) is 1. The van der Waals surface area contributed by atoms with Gasteiger partial charge in [-0.2, -0.15) is 5.26 Å². The summed E-state index contributed by atoms with van der Waals surface area (Å²) in [6.45, 7) is 2.39. The molecule has 0 saturated heterocycles. The molecule has 5 nitrogen and oxygen atoms in total. The van der Waals surface area contributed by atoms with Crippen molar-refractivity contribution in [1.29, 1.82) is 5.26 Å². The molecule has 0 fully saturated rings. The minimum Gasteiger partial charge on any atom is -0.494 e. The van der Waals surface area contributed by atoms with E-state index in [0.717, 1.165) is 5.56 Å². The summed E-state index contributed by atoms with van der Waals surface area (Å²) in [5, 5.41) is 8.61. The lowest BCUT2D eigenvalue weighted by atomic mass is 10.1. The smallest absolute Gasteiger partial charge is 0.261 e. The van der Waals surface area contributed by atoms with Gasteiger partial charge in [0.05, 0.1) is 24.0 Å². The number of sulfonamides is 1. The zero-order valence-corrected chi connectivity index (χ0v) is 12.9. The Labute approximate surface area is 130 Å². The zero-order chi connectivity index (χ0) is 16.0. The first-order chi connectivity index (χ1) is 10.5. The van der Waals surface area contributed by atoms with E-state index in [9.17, 15) is 8.42 Å². The van der Waals surface area contributed by atoms with Gasteiger partial charge in [-0.15, -0.1) is 0 Å². The van der Waals surface area contributed by atoms with Crippen molar-refractivity contribution in [2.24, 2.45) is 0 Å². The van der Waals surface area contributed by atoms with Crippen molar-refractivity contribution in [2.75, 3.05) is 11.3 Å². The molecule has 0 spiro atoms. The van der Waals surface area contributed by atoms with Gasteiger partial charge < -0.3 is 4.74 Å². The number of ether oxygens (including phenoxy) is 1. The molecule has 0 aliphatic rings. The molecular formula is C16H16N2O3S. The highest BCUT2D eigenvalue weighted by molar-refractivity contribution is 7.92. The molecule has 114 valence electrons. The molecule has 0 saturated carbocycles. The van der Waals surface area contributed by atoms with Crippen LogP contribution in [0, 0.1) is 11.3 Å². The van der Waals surface area contributed by atoms with Gasteiger partial charge in [-0.3, -0.25) is 4.72 Å². The summed E-state index contributed by atoms with van der Waals surface area (Å²) >= 11 is 0. The monoisotopic (exact) mass is 316 g/mol. The molecule has 0 aromatic heterocycles. The summed E-state index contributed by atoms with van der Waals surface area (Å²) in [5.41, 5.74) is 1.29. The molecular weight excluding hydrogens is 300 g/mol. The maximum absolute atomic E-state index is 12.3. The van der Waals surface area contributed by atoms with E-state index >= 15 is 0 Å². The lowest BCUT2D eigenvalue weighted by Gasteiger charge is -2.09. The van der Waals surface area contributed by atoms with Crippen molar-refractivity contribution in [3.05, 3.63) is 54.1 Å². The predicted octanol–water partition coefficient (Wildman–Crippen LogP) is 2.95. The first-order valence-electron chi connectivity index (χ1n) is 6.76. The summed E-state index contributed by atoms with van der Waals surface area (Å²) in [7, 11) is -3.64. The Morgan fingerprint density at radius 1 is 1.09 bits per heavy atom. The van der Waals surface area contributed by atoms with Crippen LogP contribution < -0.4 is 9.46 Å². The normalized spacial score (nSPS) is 10.7. The Morgan fingerprint density at radius 2 is 1.73 bits per heavy atom. The molecule has 6 heteroatoms. The summed E-state index contributed by atoms with van der Waals surface area (Å²) < 4.78 is 32.3. The van der Waals surface area contributed by atoms with Gasteiger partial charge in [-0.25, -0.2) is 8.42 Å². The van der Waals surface area contributed by atoms with Gasteiger partial charge in [0.1, 0.15) is 5.75 Å². The number of nitriles is 1. The van der Waals surface area contributed by atoms with Crippen LogP contribution in [0.4, 0.5) is 5.69 Å². The number of anilines is 1. The largest absolute Gasteiger partial charge is 0.494 e. The third-order valence-corrected chi connectivity index (χ3v) is 4.33. The second kappa shape index (κ2) is 6.96. The standard InChI is InChI=1S/C16H16N2O3S/c1-2-21-15-7-9-16(10-8-15)22(19,20)18-14-5-3-13(4-6-14)11-12-17/h3-10,18H,2,11H2,1H3. The van der Waals surface area contributed by atoms with E-state index in [0.29, 0.717) is 24.5 Å². The Kier molecular flexibility index (Phi) is 5.02. The molecule has 2 aromatic carbocycles. The van der Waals surface area contributed by atoms with E-state index in [2.05, 4.69) is 4.72 Å². The topological polar surface area (TPSA) is 79.2 Å². The van der Waals surface area contributed by atoms with Crippen LogP contribution in [-0.2, 0) is 16.4 Å².